The second-order valence-corrected chi connectivity index (χ2v) is 5.24. The number of nitrogens with zero attached hydrogens (tertiary/aromatic N) is 3. The SMILES string of the molecule is NC(Cc1cn(-c2cc(Cl)c(Cl)cc2Cl)nn1)C(=O)O. The minimum absolute atomic E-state index is 0.0638. The van der Waals surface area contributed by atoms with Crippen molar-refractivity contribution in [3.63, 3.8) is 0 Å². The lowest BCUT2D eigenvalue weighted by molar-refractivity contribution is -0.138. The number of aromatic nitrogens is 3. The van der Waals surface area contributed by atoms with Crippen LogP contribution in [0, 0.1) is 0 Å². The van der Waals surface area contributed by atoms with Gasteiger partial charge in [0.05, 0.1) is 32.6 Å². The summed E-state index contributed by atoms with van der Waals surface area (Å²) < 4.78 is 1.38. The summed E-state index contributed by atoms with van der Waals surface area (Å²) in [5.41, 5.74) is 6.35. The second kappa shape index (κ2) is 5.97. The summed E-state index contributed by atoms with van der Waals surface area (Å²) in [5.74, 6) is -1.10. The van der Waals surface area contributed by atoms with E-state index in [0.717, 1.165) is 0 Å². The molecule has 0 aliphatic rings. The molecule has 0 fully saturated rings. The Bertz CT molecular complexity index is 659. The van der Waals surface area contributed by atoms with E-state index in [1.165, 1.54) is 16.9 Å². The first-order valence-electron chi connectivity index (χ1n) is 5.43. The van der Waals surface area contributed by atoms with Gasteiger partial charge in [0.15, 0.2) is 0 Å². The van der Waals surface area contributed by atoms with Crippen LogP contribution >= 0.6 is 34.8 Å². The van der Waals surface area contributed by atoms with E-state index in [-0.39, 0.29) is 6.42 Å². The molecule has 2 aromatic rings. The number of carboxylic acid groups (broad SMARTS) is 1. The van der Waals surface area contributed by atoms with Crippen LogP contribution in [0.5, 0.6) is 0 Å². The van der Waals surface area contributed by atoms with E-state index in [0.29, 0.717) is 26.4 Å². The van der Waals surface area contributed by atoms with Gasteiger partial charge >= 0.3 is 5.97 Å². The van der Waals surface area contributed by atoms with Crippen molar-refractivity contribution in [1.82, 2.24) is 15.0 Å². The number of halogens is 3. The molecule has 0 saturated heterocycles. The number of hydrogen-bond donors (Lipinski definition) is 2. The first-order chi connectivity index (χ1) is 9.38. The van der Waals surface area contributed by atoms with Gasteiger partial charge in [-0.05, 0) is 12.1 Å². The molecule has 0 aliphatic carbocycles. The molecular formula is C11H9Cl3N4O2. The average Bonchev–Trinajstić information content (AvgIpc) is 2.82. The minimum atomic E-state index is -1.10. The summed E-state index contributed by atoms with van der Waals surface area (Å²) in [6, 6.07) is 2.00. The van der Waals surface area contributed by atoms with Crippen molar-refractivity contribution in [1.29, 1.82) is 0 Å². The maximum atomic E-state index is 10.7. The van der Waals surface area contributed by atoms with E-state index in [9.17, 15) is 4.79 Å². The lowest BCUT2D eigenvalue weighted by Crippen LogP contribution is -2.32. The molecule has 1 aromatic heterocycles. The number of nitrogens with two attached hydrogens (primary N) is 1. The molecule has 0 spiro atoms. The Labute approximate surface area is 129 Å². The molecule has 9 heteroatoms. The summed E-state index contributed by atoms with van der Waals surface area (Å²) in [7, 11) is 0. The van der Waals surface area contributed by atoms with Crippen molar-refractivity contribution >= 4 is 40.8 Å². The van der Waals surface area contributed by atoms with Gasteiger partial charge in [0.25, 0.3) is 0 Å². The molecule has 0 bridgehead atoms. The topological polar surface area (TPSA) is 94.0 Å². The van der Waals surface area contributed by atoms with E-state index in [1.807, 2.05) is 0 Å². The highest BCUT2D eigenvalue weighted by Crippen LogP contribution is 2.30. The first-order valence-corrected chi connectivity index (χ1v) is 6.56. The molecule has 0 radical (unpaired) electrons. The van der Waals surface area contributed by atoms with Crippen LogP contribution in [0.1, 0.15) is 5.69 Å². The van der Waals surface area contributed by atoms with Gasteiger partial charge in [-0.3, -0.25) is 4.79 Å². The number of benzene rings is 1. The number of carbonyl (C=O) groups is 1. The monoisotopic (exact) mass is 334 g/mol. The van der Waals surface area contributed by atoms with Crippen LogP contribution in [0.4, 0.5) is 0 Å². The molecule has 106 valence electrons. The molecule has 1 heterocycles. The third-order valence-corrected chi connectivity index (χ3v) is 3.55. The molecule has 0 aliphatic heterocycles. The largest absolute Gasteiger partial charge is 0.480 e. The first kappa shape index (κ1) is 15.1. The van der Waals surface area contributed by atoms with Gasteiger partial charge < -0.3 is 10.8 Å². The number of carboxylic acids is 1. The highest BCUT2D eigenvalue weighted by atomic mass is 35.5. The van der Waals surface area contributed by atoms with Gasteiger partial charge in [-0.15, -0.1) is 5.10 Å². The molecule has 20 heavy (non-hydrogen) atoms. The third kappa shape index (κ3) is 3.21. The quantitative estimate of drug-likeness (QED) is 0.835. The maximum absolute atomic E-state index is 10.7. The molecule has 0 saturated carbocycles. The summed E-state index contributed by atoms with van der Waals surface area (Å²) >= 11 is 17.8. The fraction of sp³-hybridized carbons (Fsp3) is 0.182. The minimum Gasteiger partial charge on any atom is -0.480 e. The fourth-order valence-electron chi connectivity index (χ4n) is 1.51. The summed E-state index contributed by atoms with van der Waals surface area (Å²) in [4.78, 5) is 10.7. The molecule has 1 atom stereocenters. The molecule has 1 aromatic carbocycles. The smallest absolute Gasteiger partial charge is 0.320 e. The van der Waals surface area contributed by atoms with Crippen LogP contribution < -0.4 is 5.73 Å². The molecule has 6 nitrogen and oxygen atoms in total. The van der Waals surface area contributed by atoms with Crippen molar-refractivity contribution in [2.24, 2.45) is 5.73 Å². The number of hydrogen-bond acceptors (Lipinski definition) is 4. The summed E-state index contributed by atoms with van der Waals surface area (Å²) in [6.07, 6.45) is 1.60. The van der Waals surface area contributed by atoms with Crippen LogP contribution in [0.15, 0.2) is 18.3 Å². The Morgan fingerprint density at radius 3 is 2.60 bits per heavy atom. The highest BCUT2D eigenvalue weighted by Gasteiger charge is 2.16. The van der Waals surface area contributed by atoms with E-state index < -0.39 is 12.0 Å². The molecule has 0 amide bonds. The molecule has 3 N–H and O–H groups in total. The van der Waals surface area contributed by atoms with Gasteiger partial charge in [-0.2, -0.15) is 0 Å². The molecular weight excluding hydrogens is 327 g/mol. The maximum Gasteiger partial charge on any atom is 0.320 e. The zero-order valence-corrected chi connectivity index (χ0v) is 12.2. The second-order valence-electron chi connectivity index (χ2n) is 4.02. The predicted molar refractivity (Wildman–Crippen MR) is 75.7 cm³/mol. The Kier molecular flexibility index (Phi) is 4.49. The van der Waals surface area contributed by atoms with Gasteiger partial charge in [0, 0.05) is 6.42 Å². The summed E-state index contributed by atoms with van der Waals surface area (Å²) in [5, 5.41) is 17.4. The van der Waals surface area contributed by atoms with Gasteiger partial charge in [-0.1, -0.05) is 40.0 Å². The van der Waals surface area contributed by atoms with E-state index >= 15 is 0 Å². The normalized spacial score (nSPS) is 12.4. The molecule has 2 rings (SSSR count). The third-order valence-electron chi connectivity index (χ3n) is 2.52. The Hall–Kier alpha value is -1.34. The zero-order valence-electron chi connectivity index (χ0n) is 9.92. The summed E-state index contributed by atoms with van der Waals surface area (Å²) in [6.45, 7) is 0. The van der Waals surface area contributed by atoms with E-state index in [1.54, 1.807) is 6.07 Å². The van der Waals surface area contributed by atoms with Crippen molar-refractivity contribution < 1.29 is 9.90 Å². The lowest BCUT2D eigenvalue weighted by Gasteiger charge is -2.05. The van der Waals surface area contributed by atoms with E-state index in [4.69, 9.17) is 45.6 Å². The van der Waals surface area contributed by atoms with Crippen molar-refractivity contribution in [3.05, 3.63) is 39.1 Å². The van der Waals surface area contributed by atoms with E-state index in [2.05, 4.69) is 10.3 Å². The molecule has 1 unspecified atom stereocenters. The Morgan fingerprint density at radius 2 is 1.95 bits per heavy atom. The van der Waals surface area contributed by atoms with Gasteiger partial charge in [-0.25, -0.2) is 4.68 Å². The van der Waals surface area contributed by atoms with Gasteiger partial charge in [0.2, 0.25) is 0 Å². The number of aliphatic carboxylic acids is 1. The standard InChI is InChI=1S/C11H9Cl3N4O2/c12-6-2-8(14)10(3-7(6)13)18-4-5(16-17-18)1-9(15)11(19)20/h2-4,9H,1,15H2,(H,19,20). The fourth-order valence-corrected chi connectivity index (χ4v) is 2.14. The van der Waals surface area contributed by atoms with Crippen molar-refractivity contribution in [2.45, 2.75) is 12.5 Å². The van der Waals surface area contributed by atoms with Crippen LogP contribution in [0.2, 0.25) is 15.1 Å². The van der Waals surface area contributed by atoms with Crippen molar-refractivity contribution in [2.75, 3.05) is 0 Å². The number of rotatable bonds is 4. The van der Waals surface area contributed by atoms with Crippen LogP contribution in [-0.4, -0.2) is 32.1 Å². The zero-order chi connectivity index (χ0) is 14.9. The lowest BCUT2D eigenvalue weighted by atomic mass is 10.2. The van der Waals surface area contributed by atoms with Gasteiger partial charge in [0.1, 0.15) is 6.04 Å². The average molecular weight is 336 g/mol. The predicted octanol–water partition coefficient (Wildman–Crippen LogP) is 2.18. The Morgan fingerprint density at radius 1 is 1.30 bits per heavy atom. The van der Waals surface area contributed by atoms with Crippen LogP contribution in [0.3, 0.4) is 0 Å². The van der Waals surface area contributed by atoms with Crippen LogP contribution in [-0.2, 0) is 11.2 Å². The van der Waals surface area contributed by atoms with Crippen molar-refractivity contribution in [3.8, 4) is 5.69 Å². The highest BCUT2D eigenvalue weighted by molar-refractivity contribution is 6.43. The van der Waals surface area contributed by atoms with Crippen LogP contribution in [0.25, 0.3) is 5.69 Å². The Balaban J connectivity index is 2.29.